The molecule has 0 aliphatic carbocycles. The normalized spacial score (nSPS) is 12.8. The molecule has 2 unspecified atom stereocenters. The molecule has 3 N–H and O–H groups in total. The second-order valence-electron chi connectivity index (χ2n) is 8.46. The van der Waals surface area contributed by atoms with Crippen molar-refractivity contribution in [3.05, 3.63) is 48.0 Å². The van der Waals surface area contributed by atoms with Gasteiger partial charge in [0.25, 0.3) is 0 Å². The number of amides is 3. The minimum atomic E-state index is -1.34. The zero-order valence-electron chi connectivity index (χ0n) is 19.3. The summed E-state index contributed by atoms with van der Waals surface area (Å²) in [6.45, 7) is 11.6. The van der Waals surface area contributed by atoms with Crippen LogP contribution in [-0.4, -0.2) is 58.8 Å². The average Bonchev–Trinajstić information content (AvgIpc) is 2.69. The Morgan fingerprint density at radius 3 is 2.38 bits per heavy atom. The van der Waals surface area contributed by atoms with E-state index in [0.29, 0.717) is 11.1 Å². The highest BCUT2D eigenvalue weighted by Crippen LogP contribution is 2.26. The van der Waals surface area contributed by atoms with Crippen LogP contribution in [0.4, 0.5) is 4.79 Å². The molecule has 3 amide bonds. The molecule has 1 rings (SSSR count). The molecule has 174 valence electrons. The molecule has 1 aromatic carbocycles. The third kappa shape index (κ3) is 7.75. The van der Waals surface area contributed by atoms with Crippen LogP contribution in [0, 0.1) is 12.3 Å². The maximum Gasteiger partial charge on any atom is 0.408 e. The fourth-order valence-electron chi connectivity index (χ4n) is 2.98. The van der Waals surface area contributed by atoms with Gasteiger partial charge in [0.05, 0.1) is 6.61 Å². The Hall–Kier alpha value is -3.31. The number of benzene rings is 1. The van der Waals surface area contributed by atoms with Gasteiger partial charge in [-0.15, -0.1) is 13.0 Å². The number of terminal acetylenes is 1. The third-order valence-corrected chi connectivity index (χ3v) is 4.18. The van der Waals surface area contributed by atoms with Crippen molar-refractivity contribution in [3.63, 3.8) is 0 Å². The summed E-state index contributed by atoms with van der Waals surface area (Å²) in [5.41, 5.74) is 0.0931. The highest BCUT2D eigenvalue weighted by atomic mass is 16.6. The lowest BCUT2D eigenvalue weighted by Gasteiger charge is -2.34. The lowest BCUT2D eigenvalue weighted by molar-refractivity contribution is -0.142. The monoisotopic (exact) mass is 443 g/mol. The zero-order valence-corrected chi connectivity index (χ0v) is 19.3. The molecule has 0 saturated carbocycles. The first-order valence-corrected chi connectivity index (χ1v) is 10.3. The molecule has 0 spiro atoms. The molecule has 8 heteroatoms. The summed E-state index contributed by atoms with van der Waals surface area (Å²) < 4.78 is 5.18. The Bertz CT molecular complexity index is 867. The highest BCUT2D eigenvalue weighted by Gasteiger charge is 2.36. The van der Waals surface area contributed by atoms with Gasteiger partial charge in [-0.3, -0.25) is 9.59 Å². The molecule has 0 heterocycles. The van der Waals surface area contributed by atoms with E-state index in [1.165, 1.54) is 11.0 Å². The summed E-state index contributed by atoms with van der Waals surface area (Å²) in [6.07, 6.45) is 6.22. The van der Waals surface area contributed by atoms with Crippen molar-refractivity contribution in [1.82, 2.24) is 15.5 Å². The molecular weight excluding hydrogens is 410 g/mol. The first-order chi connectivity index (χ1) is 14.9. The summed E-state index contributed by atoms with van der Waals surface area (Å²) >= 11 is 0. The topological polar surface area (TPSA) is 108 Å². The van der Waals surface area contributed by atoms with E-state index >= 15 is 0 Å². The van der Waals surface area contributed by atoms with Crippen LogP contribution < -0.4 is 10.6 Å². The Labute approximate surface area is 190 Å². The molecule has 0 bridgehead atoms. The number of hydrogen-bond donors (Lipinski definition) is 3. The maximum atomic E-state index is 13.4. The van der Waals surface area contributed by atoms with E-state index < -0.39 is 42.2 Å². The smallest absolute Gasteiger partial charge is 0.408 e. The van der Waals surface area contributed by atoms with E-state index in [9.17, 15) is 19.5 Å². The first kappa shape index (κ1) is 26.7. The quantitative estimate of drug-likeness (QED) is 0.400. The fourth-order valence-corrected chi connectivity index (χ4v) is 2.98. The third-order valence-electron chi connectivity index (χ3n) is 4.18. The molecule has 1 aromatic rings. The molecule has 0 aliphatic rings. The van der Waals surface area contributed by atoms with Crippen molar-refractivity contribution >= 4 is 17.9 Å². The van der Waals surface area contributed by atoms with Gasteiger partial charge in [-0.2, -0.15) is 0 Å². The Morgan fingerprint density at radius 2 is 1.88 bits per heavy atom. The number of nitrogens with one attached hydrogen (secondary N) is 2. The van der Waals surface area contributed by atoms with Gasteiger partial charge in [-0.25, -0.2) is 4.79 Å². The Balaban J connectivity index is 3.41. The van der Waals surface area contributed by atoms with E-state index in [-0.39, 0.29) is 12.6 Å². The van der Waals surface area contributed by atoms with E-state index in [1.54, 1.807) is 58.9 Å². The number of carbonyl (C=O) groups is 3. The largest absolute Gasteiger partial charge is 0.444 e. The van der Waals surface area contributed by atoms with Crippen LogP contribution in [-0.2, 0) is 14.3 Å². The second kappa shape index (κ2) is 11.9. The molecule has 0 aliphatic heterocycles. The minimum absolute atomic E-state index is 0.0274. The second-order valence-corrected chi connectivity index (χ2v) is 8.46. The van der Waals surface area contributed by atoms with E-state index in [4.69, 9.17) is 11.2 Å². The number of aliphatic hydroxyl groups excluding tert-OH is 1. The van der Waals surface area contributed by atoms with Crippen molar-refractivity contribution in [2.75, 3.05) is 13.2 Å². The number of alkyl carbamates (subject to hydrolysis) is 1. The van der Waals surface area contributed by atoms with Crippen LogP contribution in [0.25, 0.3) is 0 Å². The predicted molar refractivity (Wildman–Crippen MR) is 123 cm³/mol. The van der Waals surface area contributed by atoms with Crippen LogP contribution in [0.1, 0.15) is 51.8 Å². The number of hydrogen-bond acceptors (Lipinski definition) is 5. The van der Waals surface area contributed by atoms with Crippen molar-refractivity contribution in [3.8, 4) is 12.3 Å². The van der Waals surface area contributed by atoms with Crippen LogP contribution in [0.15, 0.2) is 36.9 Å². The van der Waals surface area contributed by atoms with Crippen LogP contribution in [0.3, 0.4) is 0 Å². The SMILES string of the molecule is C#Cc1ccccc1C(C(=O)NC(C)C)N(CC=C)C(=O)C(CO)NC(=O)OC(C)(C)C. The molecular formula is C24H33N3O5. The number of ether oxygens (including phenoxy) is 1. The van der Waals surface area contributed by atoms with Crippen molar-refractivity contribution < 1.29 is 24.2 Å². The van der Waals surface area contributed by atoms with Crippen LogP contribution in [0.5, 0.6) is 0 Å². The van der Waals surface area contributed by atoms with Gasteiger partial charge < -0.3 is 25.4 Å². The molecule has 0 fully saturated rings. The van der Waals surface area contributed by atoms with Gasteiger partial charge in [-0.1, -0.05) is 30.2 Å². The summed E-state index contributed by atoms with van der Waals surface area (Å²) in [5, 5.41) is 15.0. The highest BCUT2D eigenvalue weighted by molar-refractivity contribution is 5.92. The summed E-state index contributed by atoms with van der Waals surface area (Å²) in [4.78, 5) is 40.0. The maximum absolute atomic E-state index is 13.4. The minimum Gasteiger partial charge on any atom is -0.444 e. The summed E-state index contributed by atoms with van der Waals surface area (Å²) in [7, 11) is 0. The zero-order chi connectivity index (χ0) is 24.5. The van der Waals surface area contributed by atoms with Gasteiger partial charge in [0.15, 0.2) is 0 Å². The Morgan fingerprint density at radius 1 is 1.25 bits per heavy atom. The number of carbonyl (C=O) groups excluding carboxylic acids is 3. The molecule has 32 heavy (non-hydrogen) atoms. The van der Waals surface area contributed by atoms with Gasteiger partial charge in [0.2, 0.25) is 11.8 Å². The van der Waals surface area contributed by atoms with Gasteiger partial charge in [-0.05, 0) is 46.2 Å². The fraction of sp³-hybridized carbons (Fsp3) is 0.458. The standard InChI is InChI=1S/C24H33N3O5/c1-8-14-27(22(30)19(15-28)26-23(31)32-24(5,6)7)20(21(29)25-16(3)4)18-13-11-10-12-17(18)9-2/h2,8,10-13,16,19-20,28H,1,14-15H2,3-7H3,(H,25,29)(H,26,31). The van der Waals surface area contributed by atoms with Crippen molar-refractivity contribution in [1.29, 1.82) is 0 Å². The predicted octanol–water partition coefficient (Wildman–Crippen LogP) is 2.13. The lowest BCUT2D eigenvalue weighted by Crippen LogP contribution is -2.54. The van der Waals surface area contributed by atoms with E-state index in [2.05, 4.69) is 23.1 Å². The van der Waals surface area contributed by atoms with Gasteiger partial charge in [0.1, 0.15) is 17.7 Å². The van der Waals surface area contributed by atoms with Gasteiger partial charge >= 0.3 is 6.09 Å². The summed E-state index contributed by atoms with van der Waals surface area (Å²) in [6, 6.07) is 4.14. The summed E-state index contributed by atoms with van der Waals surface area (Å²) in [5.74, 6) is 1.40. The first-order valence-electron chi connectivity index (χ1n) is 10.3. The molecule has 0 radical (unpaired) electrons. The van der Waals surface area contributed by atoms with Gasteiger partial charge in [0, 0.05) is 18.2 Å². The van der Waals surface area contributed by atoms with Crippen LogP contribution >= 0.6 is 0 Å². The average molecular weight is 444 g/mol. The number of nitrogens with zero attached hydrogens (tertiary/aromatic N) is 1. The molecule has 2 atom stereocenters. The molecule has 0 aromatic heterocycles. The molecule has 8 nitrogen and oxygen atoms in total. The van der Waals surface area contributed by atoms with E-state index in [0.717, 1.165) is 0 Å². The Kier molecular flexibility index (Phi) is 9.95. The lowest BCUT2D eigenvalue weighted by atomic mass is 9.97. The van der Waals surface area contributed by atoms with Crippen molar-refractivity contribution in [2.24, 2.45) is 0 Å². The number of aliphatic hydroxyl groups is 1. The molecule has 0 saturated heterocycles. The van der Waals surface area contributed by atoms with Crippen LogP contribution in [0.2, 0.25) is 0 Å². The number of rotatable bonds is 9. The van der Waals surface area contributed by atoms with Crippen molar-refractivity contribution in [2.45, 2.75) is 58.3 Å². The van der Waals surface area contributed by atoms with E-state index in [1.807, 2.05) is 0 Å².